The molecule has 0 amide bonds. The molecule has 80 valence electrons. The average Bonchev–Trinajstić information content (AvgIpc) is 2.67. The predicted molar refractivity (Wildman–Crippen MR) is 57.8 cm³/mol. The Balaban J connectivity index is 2.54. The fourth-order valence-corrected chi connectivity index (χ4v) is 2.21. The first kappa shape index (κ1) is 10.4. The van der Waals surface area contributed by atoms with Crippen LogP contribution in [-0.2, 0) is 16.0 Å². The topological polar surface area (TPSA) is 48.3 Å². The van der Waals surface area contributed by atoms with Crippen molar-refractivity contribution in [2.24, 2.45) is 0 Å². The van der Waals surface area contributed by atoms with E-state index < -0.39 is 6.04 Å². The van der Waals surface area contributed by atoms with Crippen molar-refractivity contribution >= 4 is 21.9 Å². The first-order valence-corrected chi connectivity index (χ1v) is 5.42. The van der Waals surface area contributed by atoms with Crippen LogP contribution in [0, 0.1) is 0 Å². The van der Waals surface area contributed by atoms with E-state index in [1.54, 1.807) is 6.07 Å². The van der Waals surface area contributed by atoms with Gasteiger partial charge in [-0.2, -0.15) is 0 Å². The van der Waals surface area contributed by atoms with Gasteiger partial charge in [0.25, 0.3) is 5.56 Å². The molecule has 1 aliphatic heterocycles. The molecule has 5 heteroatoms. The summed E-state index contributed by atoms with van der Waals surface area (Å²) in [6.45, 7) is 0. The van der Waals surface area contributed by atoms with E-state index in [0.717, 1.165) is 12.1 Å². The number of halogens is 1. The van der Waals surface area contributed by atoms with Gasteiger partial charge in [-0.1, -0.05) is 0 Å². The first-order valence-electron chi connectivity index (χ1n) is 4.63. The Hall–Kier alpha value is -1.10. The molecule has 15 heavy (non-hydrogen) atoms. The Labute approximate surface area is 95.0 Å². The number of methoxy groups -OCH3 is 1. The molecule has 0 aromatic carbocycles. The zero-order valence-corrected chi connectivity index (χ0v) is 9.78. The molecule has 1 aromatic heterocycles. The largest absolute Gasteiger partial charge is 0.467 e. The van der Waals surface area contributed by atoms with Crippen LogP contribution >= 0.6 is 15.9 Å². The number of carbonyl (C=O) groups is 1. The van der Waals surface area contributed by atoms with E-state index in [1.807, 2.05) is 6.07 Å². The van der Waals surface area contributed by atoms with Crippen molar-refractivity contribution in [2.75, 3.05) is 7.11 Å². The van der Waals surface area contributed by atoms with E-state index in [0.29, 0.717) is 10.9 Å². The molecule has 4 nitrogen and oxygen atoms in total. The number of ether oxygens (including phenoxy) is 1. The lowest BCUT2D eigenvalue weighted by molar-refractivity contribution is -0.144. The molecule has 2 rings (SSSR count). The summed E-state index contributed by atoms with van der Waals surface area (Å²) in [5.41, 5.74) is 0.721. The fraction of sp³-hybridized carbons (Fsp3) is 0.400. The Bertz CT molecular complexity index is 466. The third kappa shape index (κ3) is 1.61. The number of aryl methyl sites for hydroxylation is 1. The van der Waals surface area contributed by atoms with Gasteiger partial charge < -0.3 is 4.74 Å². The van der Waals surface area contributed by atoms with E-state index in [1.165, 1.54) is 11.7 Å². The lowest BCUT2D eigenvalue weighted by atomic mass is 10.2. The molecule has 0 unspecified atom stereocenters. The van der Waals surface area contributed by atoms with Gasteiger partial charge in [0.05, 0.1) is 11.6 Å². The quantitative estimate of drug-likeness (QED) is 0.723. The van der Waals surface area contributed by atoms with Gasteiger partial charge in [0.2, 0.25) is 0 Å². The SMILES string of the molecule is COC(=O)[C@@H]1CCc2ccc(Br)c(=O)n21. The first-order chi connectivity index (χ1) is 7.15. The number of hydrogen-bond acceptors (Lipinski definition) is 3. The van der Waals surface area contributed by atoms with Gasteiger partial charge in [0, 0.05) is 5.69 Å². The summed E-state index contributed by atoms with van der Waals surface area (Å²) in [7, 11) is 1.34. The Kier molecular flexibility index (Phi) is 2.65. The van der Waals surface area contributed by atoms with Crippen LogP contribution in [0.4, 0.5) is 0 Å². The molecule has 1 aromatic rings. The number of pyridine rings is 1. The lowest BCUT2D eigenvalue weighted by Crippen LogP contribution is -2.28. The number of fused-ring (bicyclic) bond motifs is 1. The number of carbonyl (C=O) groups excluding carboxylic acids is 1. The minimum absolute atomic E-state index is 0.166. The molecule has 1 aliphatic rings. The summed E-state index contributed by atoms with van der Waals surface area (Å²) in [4.78, 5) is 23.2. The molecular weight excluding hydrogens is 262 g/mol. The van der Waals surface area contributed by atoms with Crippen LogP contribution in [0.3, 0.4) is 0 Å². The molecular formula is C10H10BrNO3. The fourth-order valence-electron chi connectivity index (χ4n) is 1.88. The maximum atomic E-state index is 11.8. The van der Waals surface area contributed by atoms with Crippen molar-refractivity contribution in [3.8, 4) is 0 Å². The van der Waals surface area contributed by atoms with Crippen LogP contribution < -0.4 is 5.56 Å². The van der Waals surface area contributed by atoms with Gasteiger partial charge in [0.1, 0.15) is 6.04 Å². The average molecular weight is 272 g/mol. The highest BCUT2D eigenvalue weighted by molar-refractivity contribution is 9.10. The smallest absolute Gasteiger partial charge is 0.328 e. The van der Waals surface area contributed by atoms with Crippen LogP contribution in [0.5, 0.6) is 0 Å². The van der Waals surface area contributed by atoms with Crippen molar-refractivity contribution in [1.29, 1.82) is 0 Å². The minimum atomic E-state index is -0.463. The standard InChI is InChI=1S/C10H10BrNO3/c1-15-10(14)8-5-3-6-2-4-7(11)9(13)12(6)8/h2,4,8H,3,5H2,1H3/t8-/m0/s1. The van der Waals surface area contributed by atoms with Gasteiger partial charge in [-0.3, -0.25) is 9.36 Å². The van der Waals surface area contributed by atoms with Gasteiger partial charge in [0.15, 0.2) is 0 Å². The van der Waals surface area contributed by atoms with Crippen molar-refractivity contribution in [3.63, 3.8) is 0 Å². The Morgan fingerprint density at radius 1 is 1.60 bits per heavy atom. The summed E-state index contributed by atoms with van der Waals surface area (Å²) < 4.78 is 6.66. The zero-order chi connectivity index (χ0) is 11.0. The number of esters is 1. The second kappa shape index (κ2) is 3.81. The maximum Gasteiger partial charge on any atom is 0.328 e. The highest BCUT2D eigenvalue weighted by Gasteiger charge is 2.30. The Morgan fingerprint density at radius 2 is 2.33 bits per heavy atom. The maximum absolute atomic E-state index is 11.8. The molecule has 0 spiro atoms. The van der Waals surface area contributed by atoms with E-state index in [-0.39, 0.29) is 11.5 Å². The second-order valence-electron chi connectivity index (χ2n) is 3.43. The second-order valence-corrected chi connectivity index (χ2v) is 4.28. The lowest BCUT2D eigenvalue weighted by Gasteiger charge is -2.11. The van der Waals surface area contributed by atoms with Gasteiger partial charge in [-0.25, -0.2) is 4.79 Å². The minimum Gasteiger partial charge on any atom is -0.467 e. The molecule has 2 heterocycles. The molecule has 0 saturated heterocycles. The monoisotopic (exact) mass is 271 g/mol. The van der Waals surface area contributed by atoms with Gasteiger partial charge in [-0.15, -0.1) is 0 Å². The van der Waals surface area contributed by atoms with Crippen molar-refractivity contribution in [3.05, 3.63) is 32.7 Å². The predicted octanol–water partition coefficient (Wildman–Crippen LogP) is 1.27. The number of hydrogen-bond donors (Lipinski definition) is 0. The van der Waals surface area contributed by atoms with Crippen LogP contribution in [0.2, 0.25) is 0 Å². The Morgan fingerprint density at radius 3 is 3.00 bits per heavy atom. The van der Waals surface area contributed by atoms with Crippen LogP contribution in [0.15, 0.2) is 21.4 Å². The molecule has 0 radical (unpaired) electrons. The van der Waals surface area contributed by atoms with Crippen LogP contribution in [-0.4, -0.2) is 17.6 Å². The van der Waals surface area contributed by atoms with Crippen molar-refractivity contribution in [2.45, 2.75) is 18.9 Å². The summed E-state index contributed by atoms with van der Waals surface area (Å²) in [5.74, 6) is -0.353. The van der Waals surface area contributed by atoms with Crippen LogP contribution in [0.25, 0.3) is 0 Å². The van der Waals surface area contributed by atoms with E-state index in [9.17, 15) is 9.59 Å². The number of rotatable bonds is 1. The van der Waals surface area contributed by atoms with E-state index >= 15 is 0 Å². The normalized spacial score (nSPS) is 18.7. The van der Waals surface area contributed by atoms with Gasteiger partial charge in [-0.05, 0) is 40.9 Å². The highest BCUT2D eigenvalue weighted by atomic mass is 79.9. The zero-order valence-electron chi connectivity index (χ0n) is 8.20. The number of nitrogens with zero attached hydrogens (tertiary/aromatic N) is 1. The van der Waals surface area contributed by atoms with Crippen LogP contribution in [0.1, 0.15) is 18.2 Å². The van der Waals surface area contributed by atoms with E-state index in [4.69, 9.17) is 0 Å². The summed E-state index contributed by atoms with van der Waals surface area (Å²) in [6, 6.07) is 3.11. The summed E-state index contributed by atoms with van der Waals surface area (Å²) in [6.07, 6.45) is 1.38. The number of aromatic nitrogens is 1. The van der Waals surface area contributed by atoms with Crippen molar-refractivity contribution < 1.29 is 9.53 Å². The molecule has 0 N–H and O–H groups in total. The van der Waals surface area contributed by atoms with Crippen molar-refractivity contribution in [1.82, 2.24) is 4.57 Å². The molecule has 1 atom stereocenters. The molecule has 0 saturated carbocycles. The van der Waals surface area contributed by atoms with Gasteiger partial charge >= 0.3 is 5.97 Å². The molecule has 0 fully saturated rings. The molecule has 0 bridgehead atoms. The van der Waals surface area contributed by atoms with E-state index in [2.05, 4.69) is 20.7 Å². The third-order valence-electron chi connectivity index (χ3n) is 2.61. The summed E-state index contributed by atoms with van der Waals surface area (Å²) in [5, 5.41) is 0. The summed E-state index contributed by atoms with van der Waals surface area (Å²) >= 11 is 3.16. The molecule has 0 aliphatic carbocycles. The third-order valence-corrected chi connectivity index (χ3v) is 3.22. The highest BCUT2D eigenvalue weighted by Crippen LogP contribution is 2.25.